The molecule has 1 N–H and O–H groups in total. The summed E-state index contributed by atoms with van der Waals surface area (Å²) in [5.74, 6) is 0.631. The number of para-hydroxylation sites is 1. The minimum atomic E-state index is -0.117. The molecule has 2 aromatic carbocycles. The lowest BCUT2D eigenvalue weighted by molar-refractivity contribution is -0.123. The summed E-state index contributed by atoms with van der Waals surface area (Å²) in [4.78, 5) is 11.7. The van der Waals surface area contributed by atoms with Crippen LogP contribution in [-0.2, 0) is 11.3 Å². The molecule has 0 spiro atoms. The monoisotopic (exact) mass is 269 g/mol. The summed E-state index contributed by atoms with van der Waals surface area (Å²) in [6.07, 6.45) is 0. The molecular formula is C17H19NO2. The molecule has 20 heavy (non-hydrogen) atoms. The molecule has 3 nitrogen and oxygen atoms in total. The molecule has 0 fully saturated rings. The number of hydrogen-bond donors (Lipinski definition) is 1. The SMILES string of the molecule is Cc1ccc(CNC(=O)COc2ccccc2C)cc1. The Balaban J connectivity index is 1.78. The highest BCUT2D eigenvalue weighted by Gasteiger charge is 2.04. The Bertz CT molecular complexity index is 576. The van der Waals surface area contributed by atoms with E-state index in [1.165, 1.54) is 5.56 Å². The quantitative estimate of drug-likeness (QED) is 0.906. The van der Waals surface area contributed by atoms with Crippen LogP contribution in [0, 0.1) is 13.8 Å². The summed E-state index contributed by atoms with van der Waals surface area (Å²) in [6, 6.07) is 15.8. The molecule has 0 heterocycles. The molecule has 104 valence electrons. The van der Waals surface area contributed by atoms with Crippen molar-refractivity contribution >= 4 is 5.91 Å². The van der Waals surface area contributed by atoms with Gasteiger partial charge in [-0.1, -0.05) is 48.0 Å². The molecule has 1 amide bonds. The normalized spacial score (nSPS) is 10.1. The van der Waals surface area contributed by atoms with Crippen molar-refractivity contribution in [3.63, 3.8) is 0 Å². The topological polar surface area (TPSA) is 38.3 Å². The molecule has 2 aromatic rings. The summed E-state index contributed by atoms with van der Waals surface area (Å²) < 4.78 is 5.49. The molecule has 0 unspecified atom stereocenters. The number of rotatable bonds is 5. The molecular weight excluding hydrogens is 250 g/mol. The molecule has 0 bridgehead atoms. The Morgan fingerprint density at radius 1 is 1.05 bits per heavy atom. The fraction of sp³-hybridized carbons (Fsp3) is 0.235. The van der Waals surface area contributed by atoms with E-state index in [0.29, 0.717) is 6.54 Å². The zero-order valence-corrected chi connectivity index (χ0v) is 11.8. The van der Waals surface area contributed by atoms with Crippen molar-refractivity contribution < 1.29 is 9.53 Å². The van der Waals surface area contributed by atoms with Crippen molar-refractivity contribution in [2.24, 2.45) is 0 Å². The van der Waals surface area contributed by atoms with Gasteiger partial charge in [-0.25, -0.2) is 0 Å². The van der Waals surface area contributed by atoms with E-state index in [-0.39, 0.29) is 12.5 Å². The van der Waals surface area contributed by atoms with Crippen LogP contribution in [0.2, 0.25) is 0 Å². The molecule has 0 aliphatic rings. The van der Waals surface area contributed by atoms with Crippen LogP contribution in [0.25, 0.3) is 0 Å². The number of aryl methyl sites for hydroxylation is 2. The van der Waals surface area contributed by atoms with Gasteiger partial charge in [0.1, 0.15) is 5.75 Å². The van der Waals surface area contributed by atoms with Crippen LogP contribution in [0.4, 0.5) is 0 Å². The van der Waals surface area contributed by atoms with Gasteiger partial charge in [-0.2, -0.15) is 0 Å². The van der Waals surface area contributed by atoms with E-state index in [1.807, 2.05) is 62.4 Å². The number of benzene rings is 2. The lowest BCUT2D eigenvalue weighted by Gasteiger charge is -2.09. The molecule has 0 saturated heterocycles. The summed E-state index contributed by atoms with van der Waals surface area (Å²) in [7, 11) is 0. The first-order chi connectivity index (χ1) is 9.65. The van der Waals surface area contributed by atoms with Crippen molar-refractivity contribution in [3.8, 4) is 5.75 Å². The van der Waals surface area contributed by atoms with E-state index in [9.17, 15) is 4.79 Å². The van der Waals surface area contributed by atoms with Gasteiger partial charge >= 0.3 is 0 Å². The first-order valence-electron chi connectivity index (χ1n) is 6.66. The highest BCUT2D eigenvalue weighted by molar-refractivity contribution is 5.77. The average molecular weight is 269 g/mol. The minimum Gasteiger partial charge on any atom is -0.484 e. The van der Waals surface area contributed by atoms with Gasteiger partial charge in [-0.05, 0) is 31.0 Å². The van der Waals surface area contributed by atoms with Crippen LogP contribution in [0.5, 0.6) is 5.75 Å². The van der Waals surface area contributed by atoms with Crippen LogP contribution in [0.3, 0.4) is 0 Å². The van der Waals surface area contributed by atoms with Crippen molar-refractivity contribution in [1.29, 1.82) is 0 Å². The third kappa shape index (κ3) is 4.12. The van der Waals surface area contributed by atoms with Gasteiger partial charge in [-0.3, -0.25) is 4.79 Å². The van der Waals surface area contributed by atoms with Crippen LogP contribution >= 0.6 is 0 Å². The van der Waals surface area contributed by atoms with Crippen molar-refractivity contribution in [1.82, 2.24) is 5.32 Å². The van der Waals surface area contributed by atoms with Gasteiger partial charge in [0.05, 0.1) is 0 Å². The second-order valence-electron chi connectivity index (χ2n) is 4.82. The lowest BCUT2D eigenvalue weighted by atomic mass is 10.1. The molecule has 0 aromatic heterocycles. The van der Waals surface area contributed by atoms with Gasteiger partial charge in [0.25, 0.3) is 5.91 Å². The number of amides is 1. The summed E-state index contributed by atoms with van der Waals surface area (Å²) >= 11 is 0. The van der Waals surface area contributed by atoms with E-state index >= 15 is 0 Å². The number of hydrogen-bond acceptors (Lipinski definition) is 2. The molecule has 0 aliphatic carbocycles. The summed E-state index contributed by atoms with van der Waals surface area (Å²) in [6.45, 7) is 4.56. The maximum absolute atomic E-state index is 11.7. The number of nitrogens with one attached hydrogen (secondary N) is 1. The Labute approximate surface area is 119 Å². The highest BCUT2D eigenvalue weighted by Crippen LogP contribution is 2.15. The van der Waals surface area contributed by atoms with Gasteiger partial charge in [0.2, 0.25) is 0 Å². The average Bonchev–Trinajstić information content (AvgIpc) is 2.46. The third-order valence-electron chi connectivity index (χ3n) is 3.06. The lowest BCUT2D eigenvalue weighted by Crippen LogP contribution is -2.28. The Hall–Kier alpha value is -2.29. The molecule has 0 saturated carbocycles. The van der Waals surface area contributed by atoms with Gasteiger partial charge in [-0.15, -0.1) is 0 Å². The standard InChI is InChI=1S/C17H19NO2/c1-13-7-9-15(10-8-13)11-18-17(19)12-20-16-6-4-3-5-14(16)2/h3-10H,11-12H2,1-2H3,(H,18,19). The molecule has 0 atom stereocenters. The van der Waals surface area contributed by atoms with Crippen molar-refractivity contribution in [2.75, 3.05) is 6.61 Å². The number of ether oxygens (including phenoxy) is 1. The molecule has 3 heteroatoms. The number of carbonyl (C=O) groups is 1. The van der Waals surface area contributed by atoms with Crippen LogP contribution in [0.15, 0.2) is 48.5 Å². The summed E-state index contributed by atoms with van der Waals surface area (Å²) in [5.41, 5.74) is 3.32. The van der Waals surface area contributed by atoms with E-state index in [0.717, 1.165) is 16.9 Å². The molecule has 0 aliphatic heterocycles. The largest absolute Gasteiger partial charge is 0.484 e. The first kappa shape index (κ1) is 14.1. The maximum Gasteiger partial charge on any atom is 0.258 e. The van der Waals surface area contributed by atoms with Crippen LogP contribution in [0.1, 0.15) is 16.7 Å². The van der Waals surface area contributed by atoms with E-state index < -0.39 is 0 Å². The van der Waals surface area contributed by atoms with Crippen molar-refractivity contribution in [3.05, 3.63) is 65.2 Å². The second kappa shape index (κ2) is 6.75. The zero-order valence-electron chi connectivity index (χ0n) is 11.8. The van der Waals surface area contributed by atoms with E-state index in [2.05, 4.69) is 5.32 Å². The predicted molar refractivity (Wildman–Crippen MR) is 79.7 cm³/mol. The predicted octanol–water partition coefficient (Wildman–Crippen LogP) is 3.00. The van der Waals surface area contributed by atoms with E-state index in [4.69, 9.17) is 4.74 Å². The van der Waals surface area contributed by atoms with Gasteiger partial charge in [0.15, 0.2) is 6.61 Å². The molecule has 2 rings (SSSR count). The highest BCUT2D eigenvalue weighted by atomic mass is 16.5. The fourth-order valence-electron chi connectivity index (χ4n) is 1.82. The third-order valence-corrected chi connectivity index (χ3v) is 3.06. The first-order valence-corrected chi connectivity index (χ1v) is 6.66. The minimum absolute atomic E-state index is 0.0384. The Morgan fingerprint density at radius 2 is 1.75 bits per heavy atom. The maximum atomic E-state index is 11.7. The number of carbonyl (C=O) groups excluding carboxylic acids is 1. The zero-order chi connectivity index (χ0) is 14.4. The fourth-order valence-corrected chi connectivity index (χ4v) is 1.82. The van der Waals surface area contributed by atoms with Crippen LogP contribution in [-0.4, -0.2) is 12.5 Å². The van der Waals surface area contributed by atoms with Crippen LogP contribution < -0.4 is 10.1 Å². The summed E-state index contributed by atoms with van der Waals surface area (Å²) in [5, 5.41) is 2.84. The van der Waals surface area contributed by atoms with Gasteiger partial charge in [0, 0.05) is 6.54 Å². The molecule has 0 radical (unpaired) electrons. The Kier molecular flexibility index (Phi) is 4.77. The smallest absolute Gasteiger partial charge is 0.258 e. The van der Waals surface area contributed by atoms with Gasteiger partial charge < -0.3 is 10.1 Å². The van der Waals surface area contributed by atoms with Crippen molar-refractivity contribution in [2.45, 2.75) is 20.4 Å². The second-order valence-corrected chi connectivity index (χ2v) is 4.82. The Morgan fingerprint density at radius 3 is 2.45 bits per heavy atom. The van der Waals surface area contributed by atoms with E-state index in [1.54, 1.807) is 0 Å².